The fourth-order valence-electron chi connectivity index (χ4n) is 2.19. The maximum Gasteiger partial charge on any atom is 0.219 e. The van der Waals surface area contributed by atoms with Gasteiger partial charge in [-0.15, -0.1) is 6.58 Å². The second kappa shape index (κ2) is 7.75. The summed E-state index contributed by atoms with van der Waals surface area (Å²) >= 11 is 3.43. The first-order valence-electron chi connectivity index (χ1n) is 7.40. The molecule has 1 heterocycles. The molecule has 0 fully saturated rings. The summed E-state index contributed by atoms with van der Waals surface area (Å²) in [4.78, 5) is 4.03. The van der Waals surface area contributed by atoms with Gasteiger partial charge in [-0.25, -0.2) is 9.67 Å². The maximum atomic E-state index is 6.18. The van der Waals surface area contributed by atoms with Gasteiger partial charge in [0.15, 0.2) is 0 Å². The van der Waals surface area contributed by atoms with Gasteiger partial charge >= 0.3 is 0 Å². The van der Waals surface area contributed by atoms with Gasteiger partial charge in [-0.05, 0) is 29.7 Å². The van der Waals surface area contributed by atoms with Gasteiger partial charge in [0, 0.05) is 4.47 Å². The normalized spacial score (nSPS) is 14.3. The molecule has 2 aromatic rings. The third-order valence-electron chi connectivity index (χ3n) is 3.27. The van der Waals surface area contributed by atoms with E-state index in [-0.39, 0.29) is 11.5 Å². The number of halogens is 1. The minimum Gasteiger partial charge on any atom is -0.466 e. The van der Waals surface area contributed by atoms with Crippen LogP contribution in [0, 0.1) is 5.41 Å². The third-order valence-corrected chi connectivity index (χ3v) is 3.80. The topological polar surface area (TPSA) is 49.2 Å². The first-order chi connectivity index (χ1) is 10.9. The fourth-order valence-corrected chi connectivity index (χ4v) is 2.45. The van der Waals surface area contributed by atoms with Crippen LogP contribution in [0.3, 0.4) is 0 Å². The molecule has 124 valence electrons. The van der Waals surface area contributed by atoms with E-state index < -0.39 is 6.23 Å². The van der Waals surface area contributed by atoms with Crippen LogP contribution < -0.4 is 4.74 Å². The minimum absolute atomic E-state index is 0.158. The van der Waals surface area contributed by atoms with E-state index in [2.05, 4.69) is 53.4 Å². The lowest BCUT2D eigenvalue weighted by atomic mass is 9.87. The number of hydrogen-bond donors (Lipinski definition) is 0. The largest absolute Gasteiger partial charge is 0.466 e. The summed E-state index contributed by atoms with van der Waals surface area (Å²) in [6.45, 7) is 10.5. The molecule has 0 saturated heterocycles. The molecule has 0 bridgehead atoms. The van der Waals surface area contributed by atoms with Crippen molar-refractivity contribution < 1.29 is 9.47 Å². The van der Waals surface area contributed by atoms with E-state index in [1.165, 1.54) is 6.33 Å². The molecule has 0 spiro atoms. The highest BCUT2D eigenvalue weighted by atomic mass is 79.9. The Morgan fingerprint density at radius 1 is 1.30 bits per heavy atom. The molecule has 23 heavy (non-hydrogen) atoms. The van der Waals surface area contributed by atoms with E-state index in [1.807, 2.05) is 24.3 Å². The Balaban J connectivity index is 2.31. The quantitative estimate of drug-likeness (QED) is 0.675. The molecule has 5 nitrogen and oxygen atoms in total. The summed E-state index contributed by atoms with van der Waals surface area (Å²) in [5.74, 6) is 0.741. The Kier molecular flexibility index (Phi) is 5.96. The van der Waals surface area contributed by atoms with Gasteiger partial charge in [0.05, 0.1) is 6.61 Å². The van der Waals surface area contributed by atoms with Crippen LogP contribution in [0.25, 0.3) is 0 Å². The highest BCUT2D eigenvalue weighted by Gasteiger charge is 2.36. The molecule has 0 aliphatic rings. The molecule has 2 atom stereocenters. The fraction of sp³-hybridized carbons (Fsp3) is 0.412. The van der Waals surface area contributed by atoms with Gasteiger partial charge in [0.2, 0.25) is 6.23 Å². The third kappa shape index (κ3) is 4.91. The lowest BCUT2D eigenvalue weighted by Crippen LogP contribution is -2.41. The molecule has 0 aliphatic carbocycles. The summed E-state index contributed by atoms with van der Waals surface area (Å²) in [5.41, 5.74) is -0.158. The van der Waals surface area contributed by atoms with E-state index in [0.717, 1.165) is 10.2 Å². The average Bonchev–Trinajstić information content (AvgIpc) is 3.01. The van der Waals surface area contributed by atoms with Gasteiger partial charge in [0.25, 0.3) is 0 Å². The van der Waals surface area contributed by atoms with Gasteiger partial charge in [-0.1, -0.05) is 42.8 Å². The van der Waals surface area contributed by atoms with Crippen molar-refractivity contribution in [3.05, 3.63) is 54.0 Å². The molecule has 1 aromatic carbocycles. The summed E-state index contributed by atoms with van der Waals surface area (Å²) in [6.07, 6.45) is 4.20. The van der Waals surface area contributed by atoms with E-state index in [4.69, 9.17) is 9.47 Å². The molecular formula is C17H22BrN3O2. The van der Waals surface area contributed by atoms with E-state index in [9.17, 15) is 0 Å². The van der Waals surface area contributed by atoms with Gasteiger partial charge in [-0.3, -0.25) is 0 Å². The van der Waals surface area contributed by atoms with Gasteiger partial charge in [0.1, 0.15) is 24.5 Å². The molecule has 2 unspecified atom stereocenters. The molecule has 0 radical (unpaired) electrons. The number of rotatable bonds is 7. The van der Waals surface area contributed by atoms with Crippen LogP contribution in [0.4, 0.5) is 0 Å². The summed E-state index contributed by atoms with van der Waals surface area (Å²) < 4.78 is 14.9. The zero-order valence-corrected chi connectivity index (χ0v) is 15.2. The zero-order chi connectivity index (χ0) is 16.9. The van der Waals surface area contributed by atoms with Crippen LogP contribution in [-0.4, -0.2) is 27.5 Å². The Morgan fingerprint density at radius 2 is 2.00 bits per heavy atom. The SMILES string of the molecule is C=CCOC(C(Oc1ccc(Br)cc1)n1cncn1)C(C)(C)C. The predicted molar refractivity (Wildman–Crippen MR) is 93.2 cm³/mol. The molecule has 2 rings (SSSR count). The van der Waals surface area contributed by atoms with Gasteiger partial charge < -0.3 is 9.47 Å². The first-order valence-corrected chi connectivity index (χ1v) is 8.20. The lowest BCUT2D eigenvalue weighted by molar-refractivity contribution is -0.107. The molecule has 0 amide bonds. The van der Waals surface area contributed by atoms with Crippen molar-refractivity contribution in [2.75, 3.05) is 6.61 Å². The van der Waals surface area contributed by atoms with Crippen molar-refractivity contribution in [1.29, 1.82) is 0 Å². The van der Waals surface area contributed by atoms with Crippen molar-refractivity contribution in [2.24, 2.45) is 5.41 Å². The van der Waals surface area contributed by atoms with Crippen molar-refractivity contribution >= 4 is 15.9 Å². The molecule has 0 N–H and O–H groups in total. The smallest absolute Gasteiger partial charge is 0.219 e. The molecular weight excluding hydrogens is 358 g/mol. The number of hydrogen-bond acceptors (Lipinski definition) is 4. The van der Waals surface area contributed by atoms with Crippen LogP contribution in [0.1, 0.15) is 27.0 Å². The Morgan fingerprint density at radius 3 is 2.52 bits per heavy atom. The predicted octanol–water partition coefficient (Wildman–Crippen LogP) is 4.24. The maximum absolute atomic E-state index is 6.18. The number of aromatic nitrogens is 3. The Bertz CT molecular complexity index is 606. The van der Waals surface area contributed by atoms with Crippen molar-refractivity contribution in [2.45, 2.75) is 33.1 Å². The number of ether oxygens (including phenoxy) is 2. The Hall–Kier alpha value is -1.66. The molecule has 0 saturated carbocycles. The van der Waals surface area contributed by atoms with Crippen molar-refractivity contribution in [3.63, 3.8) is 0 Å². The standard InChI is InChI=1S/C17H22BrN3O2/c1-5-10-22-15(17(2,3)4)16(21-12-19-11-20-21)23-14-8-6-13(18)7-9-14/h5-9,11-12,15-16H,1,10H2,2-4H3. The average molecular weight is 380 g/mol. The summed E-state index contributed by atoms with van der Waals surface area (Å²) in [7, 11) is 0. The van der Waals surface area contributed by atoms with Crippen LogP contribution in [0.5, 0.6) is 5.75 Å². The van der Waals surface area contributed by atoms with Crippen molar-refractivity contribution in [1.82, 2.24) is 14.8 Å². The zero-order valence-electron chi connectivity index (χ0n) is 13.6. The number of benzene rings is 1. The van der Waals surface area contributed by atoms with Crippen molar-refractivity contribution in [3.8, 4) is 5.75 Å². The van der Waals surface area contributed by atoms with Gasteiger partial charge in [-0.2, -0.15) is 5.10 Å². The molecule has 0 aliphatic heterocycles. The summed E-state index contributed by atoms with van der Waals surface area (Å²) in [6, 6.07) is 7.68. The summed E-state index contributed by atoms with van der Waals surface area (Å²) in [5, 5.41) is 4.24. The van der Waals surface area contributed by atoms with E-state index in [0.29, 0.717) is 6.61 Å². The van der Waals surface area contributed by atoms with E-state index in [1.54, 1.807) is 17.1 Å². The molecule has 6 heteroatoms. The van der Waals surface area contributed by atoms with Crippen LogP contribution >= 0.6 is 15.9 Å². The highest BCUT2D eigenvalue weighted by molar-refractivity contribution is 9.10. The van der Waals surface area contributed by atoms with Crippen LogP contribution in [-0.2, 0) is 4.74 Å². The Labute approximate surface area is 145 Å². The highest BCUT2D eigenvalue weighted by Crippen LogP contribution is 2.33. The lowest BCUT2D eigenvalue weighted by Gasteiger charge is -2.36. The minimum atomic E-state index is -0.432. The van der Waals surface area contributed by atoms with E-state index >= 15 is 0 Å². The van der Waals surface area contributed by atoms with Crippen LogP contribution in [0.2, 0.25) is 0 Å². The monoisotopic (exact) mass is 379 g/mol. The second-order valence-corrected chi connectivity index (χ2v) is 7.16. The molecule has 1 aromatic heterocycles. The second-order valence-electron chi connectivity index (χ2n) is 6.25. The first kappa shape index (κ1) is 17.7. The number of nitrogens with zero attached hydrogens (tertiary/aromatic N) is 3. The van der Waals surface area contributed by atoms with Crippen LogP contribution in [0.15, 0.2) is 54.0 Å².